The van der Waals surface area contributed by atoms with Gasteiger partial charge in [0.25, 0.3) is 5.91 Å². The normalized spacial score (nSPS) is 14.2. The van der Waals surface area contributed by atoms with Crippen LogP contribution in [0.15, 0.2) is 52.9 Å². The monoisotopic (exact) mass is 392 g/mol. The molecule has 0 bridgehead atoms. The van der Waals surface area contributed by atoms with E-state index in [0.29, 0.717) is 30.6 Å². The Morgan fingerprint density at radius 3 is 2.48 bits per heavy atom. The summed E-state index contributed by atoms with van der Waals surface area (Å²) in [6.07, 6.45) is 0. The summed E-state index contributed by atoms with van der Waals surface area (Å²) in [5.41, 5.74) is 3.49. The lowest BCUT2D eigenvalue weighted by Gasteiger charge is -2.30. The molecule has 29 heavy (non-hydrogen) atoms. The summed E-state index contributed by atoms with van der Waals surface area (Å²) < 4.78 is 11.1. The van der Waals surface area contributed by atoms with Crippen LogP contribution in [0.4, 0.5) is 11.7 Å². The number of rotatable bonds is 5. The van der Waals surface area contributed by atoms with Crippen LogP contribution in [-0.2, 0) is 4.74 Å². The van der Waals surface area contributed by atoms with Crippen molar-refractivity contribution in [1.82, 2.24) is 10.2 Å². The van der Waals surface area contributed by atoms with Crippen LogP contribution >= 0.6 is 0 Å². The average molecular weight is 392 g/mol. The van der Waals surface area contributed by atoms with Gasteiger partial charge in [0.15, 0.2) is 0 Å². The second-order valence-electron chi connectivity index (χ2n) is 7.26. The van der Waals surface area contributed by atoms with Crippen molar-refractivity contribution in [2.45, 2.75) is 19.8 Å². The van der Waals surface area contributed by atoms with Crippen molar-refractivity contribution < 1.29 is 13.9 Å². The maximum Gasteiger partial charge on any atom is 0.322 e. The molecule has 7 nitrogen and oxygen atoms in total. The average Bonchev–Trinajstić information content (AvgIpc) is 3.23. The molecular formula is C22H24N4O3. The summed E-state index contributed by atoms with van der Waals surface area (Å²) in [5.74, 6) is 0.544. The highest BCUT2D eigenvalue weighted by molar-refractivity contribution is 6.07. The number of aromatic nitrogens is 2. The van der Waals surface area contributed by atoms with Gasteiger partial charge in [-0.15, -0.1) is 5.10 Å². The number of benzene rings is 2. The molecule has 0 unspecified atom stereocenters. The number of ether oxygens (including phenoxy) is 1. The molecule has 4 rings (SSSR count). The van der Waals surface area contributed by atoms with Crippen molar-refractivity contribution in [2.24, 2.45) is 0 Å². The zero-order valence-electron chi connectivity index (χ0n) is 16.6. The second kappa shape index (κ2) is 8.45. The molecule has 0 atom stereocenters. The van der Waals surface area contributed by atoms with Crippen LogP contribution in [0.5, 0.6) is 0 Å². The van der Waals surface area contributed by atoms with E-state index in [1.165, 1.54) is 5.56 Å². The van der Waals surface area contributed by atoms with Crippen molar-refractivity contribution >= 4 is 17.6 Å². The second-order valence-corrected chi connectivity index (χ2v) is 7.26. The quantitative estimate of drug-likeness (QED) is 0.708. The maximum atomic E-state index is 12.8. The van der Waals surface area contributed by atoms with Crippen LogP contribution in [-0.4, -0.2) is 42.4 Å². The molecule has 1 aliphatic heterocycles. The Kier molecular flexibility index (Phi) is 5.57. The van der Waals surface area contributed by atoms with Crippen LogP contribution in [0.25, 0.3) is 11.5 Å². The van der Waals surface area contributed by atoms with E-state index >= 15 is 0 Å². The van der Waals surface area contributed by atoms with Crippen molar-refractivity contribution in [3.8, 4) is 11.5 Å². The van der Waals surface area contributed by atoms with Crippen molar-refractivity contribution in [3.63, 3.8) is 0 Å². The molecule has 1 amide bonds. The van der Waals surface area contributed by atoms with Gasteiger partial charge in [0.2, 0.25) is 5.89 Å². The highest BCUT2D eigenvalue weighted by Gasteiger charge is 2.20. The predicted octanol–water partition coefficient (Wildman–Crippen LogP) is 3.95. The Morgan fingerprint density at radius 2 is 1.76 bits per heavy atom. The van der Waals surface area contributed by atoms with Gasteiger partial charge in [-0.3, -0.25) is 10.1 Å². The molecule has 0 radical (unpaired) electrons. The Bertz CT molecular complexity index is 976. The standard InChI is InChI=1S/C22H24N4O3/c1-15(2)16-7-9-17(10-8-16)21-24-25-22(29-21)23-20(27)18-5-3-4-6-19(18)26-11-13-28-14-12-26/h3-10,15H,11-14H2,1-2H3,(H,23,25,27). The van der Waals surface area contributed by atoms with E-state index in [0.717, 1.165) is 24.3 Å². The van der Waals surface area contributed by atoms with Gasteiger partial charge in [0.05, 0.1) is 18.8 Å². The molecule has 1 aromatic heterocycles. The Hall–Kier alpha value is -3.19. The number of nitrogens with zero attached hydrogens (tertiary/aromatic N) is 3. The number of carbonyl (C=O) groups excluding carboxylic acids is 1. The number of amides is 1. The van der Waals surface area contributed by atoms with Gasteiger partial charge in [0, 0.05) is 24.3 Å². The molecule has 0 aliphatic carbocycles. The van der Waals surface area contributed by atoms with Crippen molar-refractivity contribution in [3.05, 3.63) is 59.7 Å². The molecule has 7 heteroatoms. The molecule has 1 fully saturated rings. The first kappa shape index (κ1) is 19.1. The summed E-state index contributed by atoms with van der Waals surface area (Å²) in [4.78, 5) is 15.0. The number of hydrogen-bond donors (Lipinski definition) is 1. The van der Waals surface area contributed by atoms with E-state index in [-0.39, 0.29) is 11.9 Å². The third-order valence-corrected chi connectivity index (χ3v) is 4.97. The van der Waals surface area contributed by atoms with Crippen molar-refractivity contribution in [1.29, 1.82) is 0 Å². The minimum atomic E-state index is -0.280. The number of morpholine rings is 1. The summed E-state index contributed by atoms with van der Waals surface area (Å²) in [6.45, 7) is 7.09. The Balaban J connectivity index is 1.50. The van der Waals surface area contributed by atoms with Gasteiger partial charge < -0.3 is 14.1 Å². The van der Waals surface area contributed by atoms with Gasteiger partial charge in [0.1, 0.15) is 0 Å². The molecule has 2 heterocycles. The van der Waals surface area contributed by atoms with Crippen molar-refractivity contribution in [2.75, 3.05) is 36.5 Å². The van der Waals surface area contributed by atoms with Crippen LogP contribution < -0.4 is 10.2 Å². The number of anilines is 2. The number of nitrogens with one attached hydrogen (secondary N) is 1. The SMILES string of the molecule is CC(C)c1ccc(-c2nnc(NC(=O)c3ccccc3N3CCOCC3)o2)cc1. The fourth-order valence-corrected chi connectivity index (χ4v) is 3.31. The maximum absolute atomic E-state index is 12.8. The summed E-state index contributed by atoms with van der Waals surface area (Å²) in [6, 6.07) is 15.6. The van der Waals surface area contributed by atoms with Gasteiger partial charge in [-0.05, 0) is 35.7 Å². The zero-order chi connectivity index (χ0) is 20.2. The van der Waals surface area contributed by atoms with Crippen LogP contribution in [0.3, 0.4) is 0 Å². The lowest BCUT2D eigenvalue weighted by molar-refractivity contribution is 0.102. The van der Waals surface area contributed by atoms with Crippen LogP contribution in [0.1, 0.15) is 35.7 Å². The Labute approximate surface area is 169 Å². The van der Waals surface area contributed by atoms with Crippen LogP contribution in [0, 0.1) is 0 Å². The third kappa shape index (κ3) is 4.30. The first-order valence-electron chi connectivity index (χ1n) is 9.79. The van der Waals surface area contributed by atoms with Gasteiger partial charge in [-0.1, -0.05) is 43.2 Å². The predicted molar refractivity (Wildman–Crippen MR) is 111 cm³/mol. The van der Waals surface area contributed by atoms with Crippen LogP contribution in [0.2, 0.25) is 0 Å². The van der Waals surface area contributed by atoms with Gasteiger partial charge in [-0.2, -0.15) is 0 Å². The smallest absolute Gasteiger partial charge is 0.322 e. The third-order valence-electron chi connectivity index (χ3n) is 4.97. The topological polar surface area (TPSA) is 80.5 Å². The van der Waals surface area contributed by atoms with Gasteiger partial charge in [-0.25, -0.2) is 0 Å². The lowest BCUT2D eigenvalue weighted by Crippen LogP contribution is -2.37. The Morgan fingerprint density at radius 1 is 1.03 bits per heavy atom. The number of carbonyl (C=O) groups is 1. The van der Waals surface area contributed by atoms with E-state index in [1.54, 1.807) is 6.07 Å². The summed E-state index contributed by atoms with van der Waals surface area (Å²) >= 11 is 0. The molecular weight excluding hydrogens is 368 g/mol. The molecule has 1 N–H and O–H groups in total. The largest absolute Gasteiger partial charge is 0.403 e. The first-order chi connectivity index (χ1) is 14.1. The fourth-order valence-electron chi connectivity index (χ4n) is 3.31. The molecule has 2 aromatic carbocycles. The molecule has 1 saturated heterocycles. The molecule has 150 valence electrons. The van der Waals surface area contributed by atoms with E-state index in [9.17, 15) is 4.79 Å². The summed E-state index contributed by atoms with van der Waals surface area (Å²) in [7, 11) is 0. The first-order valence-corrected chi connectivity index (χ1v) is 9.79. The molecule has 3 aromatic rings. The van der Waals surface area contributed by atoms with E-state index in [2.05, 4.69) is 34.3 Å². The highest BCUT2D eigenvalue weighted by atomic mass is 16.5. The fraction of sp³-hybridized carbons (Fsp3) is 0.318. The lowest BCUT2D eigenvalue weighted by atomic mass is 10.0. The molecule has 0 saturated carbocycles. The number of para-hydroxylation sites is 1. The van der Waals surface area contributed by atoms with E-state index < -0.39 is 0 Å². The number of hydrogen-bond acceptors (Lipinski definition) is 6. The van der Waals surface area contributed by atoms with E-state index in [4.69, 9.17) is 9.15 Å². The minimum absolute atomic E-state index is 0.0784. The zero-order valence-corrected chi connectivity index (χ0v) is 16.6. The van der Waals surface area contributed by atoms with Gasteiger partial charge >= 0.3 is 6.01 Å². The minimum Gasteiger partial charge on any atom is -0.403 e. The molecule has 0 spiro atoms. The summed E-state index contributed by atoms with van der Waals surface area (Å²) in [5, 5.41) is 10.8. The highest BCUT2D eigenvalue weighted by Crippen LogP contribution is 2.25. The van der Waals surface area contributed by atoms with E-state index in [1.807, 2.05) is 42.5 Å². The molecule has 1 aliphatic rings.